The van der Waals surface area contributed by atoms with Crippen LogP contribution in [0.4, 0.5) is 0 Å². The van der Waals surface area contributed by atoms with Crippen LogP contribution in [0.1, 0.15) is 35.2 Å². The summed E-state index contributed by atoms with van der Waals surface area (Å²) in [6.45, 7) is 0.491. The number of carbonyl (C=O) groups is 1. The summed E-state index contributed by atoms with van der Waals surface area (Å²) in [5.74, 6) is 0.242. The van der Waals surface area contributed by atoms with Gasteiger partial charge in [0.1, 0.15) is 0 Å². The lowest BCUT2D eigenvalue weighted by molar-refractivity contribution is 0.0980. The summed E-state index contributed by atoms with van der Waals surface area (Å²) in [5.41, 5.74) is 6.74. The Morgan fingerprint density at radius 3 is 2.83 bits per heavy atom. The summed E-state index contributed by atoms with van der Waals surface area (Å²) in [4.78, 5) is 12.2. The van der Waals surface area contributed by atoms with Crippen LogP contribution in [0.2, 0.25) is 0 Å². The van der Waals surface area contributed by atoms with Crippen LogP contribution in [0.3, 0.4) is 0 Å². The number of fused-ring (bicyclic) bond motifs is 1. The fraction of sp³-hybridized carbons (Fsp3) is 0.462. The van der Waals surface area contributed by atoms with Crippen molar-refractivity contribution >= 4 is 15.6 Å². The Hall–Kier alpha value is -1.20. The van der Waals surface area contributed by atoms with E-state index in [4.69, 9.17) is 5.73 Å². The minimum atomic E-state index is -3.13. The van der Waals surface area contributed by atoms with Gasteiger partial charge in [0.15, 0.2) is 15.6 Å². The van der Waals surface area contributed by atoms with Crippen LogP contribution in [-0.2, 0) is 16.3 Å². The Kier molecular flexibility index (Phi) is 3.82. The van der Waals surface area contributed by atoms with E-state index < -0.39 is 9.84 Å². The summed E-state index contributed by atoms with van der Waals surface area (Å²) in [5, 5.41) is 0. The Balaban J connectivity index is 2.30. The number of rotatable bonds is 4. The zero-order valence-corrected chi connectivity index (χ0v) is 11.0. The van der Waals surface area contributed by atoms with E-state index in [0.717, 1.165) is 12.0 Å². The van der Waals surface area contributed by atoms with Gasteiger partial charge in [0, 0.05) is 12.0 Å². The van der Waals surface area contributed by atoms with E-state index in [0.29, 0.717) is 36.3 Å². The van der Waals surface area contributed by atoms with Crippen molar-refractivity contribution in [2.45, 2.75) is 30.6 Å². The maximum absolute atomic E-state index is 11.8. The molecule has 2 N–H and O–H groups in total. The average molecular weight is 267 g/mol. The first-order valence-electron chi connectivity index (χ1n) is 6.13. The lowest BCUT2D eigenvalue weighted by Crippen LogP contribution is -2.17. The van der Waals surface area contributed by atoms with E-state index >= 15 is 0 Å². The molecular formula is C13H17NO3S. The van der Waals surface area contributed by atoms with Gasteiger partial charge < -0.3 is 5.73 Å². The molecule has 2 rings (SSSR count). The summed E-state index contributed by atoms with van der Waals surface area (Å²) >= 11 is 0. The van der Waals surface area contributed by atoms with Gasteiger partial charge in [-0.1, -0.05) is 6.07 Å². The third-order valence-electron chi connectivity index (χ3n) is 3.18. The minimum absolute atomic E-state index is 0.0335. The lowest BCUT2D eigenvalue weighted by Gasteiger charge is -2.16. The molecule has 0 fully saturated rings. The molecule has 4 nitrogen and oxygen atoms in total. The lowest BCUT2D eigenvalue weighted by atomic mass is 10.0. The number of carbonyl (C=O) groups excluding carboxylic acids is 1. The van der Waals surface area contributed by atoms with Crippen LogP contribution in [0.15, 0.2) is 23.1 Å². The Morgan fingerprint density at radius 1 is 1.33 bits per heavy atom. The van der Waals surface area contributed by atoms with Crippen molar-refractivity contribution in [3.8, 4) is 0 Å². The van der Waals surface area contributed by atoms with Gasteiger partial charge in [-0.3, -0.25) is 4.79 Å². The van der Waals surface area contributed by atoms with Gasteiger partial charge in [-0.05, 0) is 43.5 Å². The summed E-state index contributed by atoms with van der Waals surface area (Å²) < 4.78 is 23.6. The molecule has 0 aliphatic carbocycles. The van der Waals surface area contributed by atoms with Crippen molar-refractivity contribution in [3.63, 3.8) is 0 Å². The second kappa shape index (κ2) is 5.20. The third-order valence-corrected chi connectivity index (χ3v) is 5.08. The van der Waals surface area contributed by atoms with Gasteiger partial charge in [-0.2, -0.15) is 0 Å². The van der Waals surface area contributed by atoms with Crippen molar-refractivity contribution in [2.75, 3.05) is 12.3 Å². The smallest absolute Gasteiger partial charge is 0.178 e. The SMILES string of the molecule is NCCCC(=O)c1ccc2c(c1)CCCS2(=O)=O. The Morgan fingerprint density at radius 2 is 2.11 bits per heavy atom. The van der Waals surface area contributed by atoms with E-state index in [-0.39, 0.29) is 11.5 Å². The molecule has 1 aliphatic rings. The number of ketones is 1. The fourth-order valence-electron chi connectivity index (χ4n) is 2.22. The highest BCUT2D eigenvalue weighted by Gasteiger charge is 2.24. The van der Waals surface area contributed by atoms with Crippen molar-refractivity contribution < 1.29 is 13.2 Å². The maximum Gasteiger partial charge on any atom is 0.178 e. The quantitative estimate of drug-likeness (QED) is 0.835. The zero-order chi connectivity index (χ0) is 13.2. The van der Waals surface area contributed by atoms with E-state index in [1.165, 1.54) is 0 Å². The molecule has 0 spiro atoms. The second-order valence-corrected chi connectivity index (χ2v) is 6.64. The molecule has 0 unspecified atom stereocenters. The van der Waals surface area contributed by atoms with E-state index in [9.17, 15) is 13.2 Å². The molecular weight excluding hydrogens is 250 g/mol. The molecule has 18 heavy (non-hydrogen) atoms. The normalized spacial score (nSPS) is 17.2. The van der Waals surface area contributed by atoms with Gasteiger partial charge in [-0.15, -0.1) is 0 Å². The monoisotopic (exact) mass is 267 g/mol. The van der Waals surface area contributed by atoms with Crippen LogP contribution < -0.4 is 5.73 Å². The van der Waals surface area contributed by atoms with Crippen molar-refractivity contribution in [1.29, 1.82) is 0 Å². The van der Waals surface area contributed by atoms with Crippen LogP contribution in [0, 0.1) is 0 Å². The third kappa shape index (κ3) is 2.62. The van der Waals surface area contributed by atoms with Crippen LogP contribution in [0.25, 0.3) is 0 Å². The molecule has 0 radical (unpaired) electrons. The van der Waals surface area contributed by atoms with Gasteiger partial charge in [-0.25, -0.2) is 8.42 Å². The summed E-state index contributed by atoms with van der Waals surface area (Å²) in [6.07, 6.45) is 2.44. The second-order valence-electron chi connectivity index (χ2n) is 4.56. The largest absolute Gasteiger partial charge is 0.330 e. The molecule has 1 aliphatic heterocycles. The van der Waals surface area contributed by atoms with E-state index in [1.807, 2.05) is 0 Å². The number of hydrogen-bond donors (Lipinski definition) is 1. The number of benzene rings is 1. The van der Waals surface area contributed by atoms with E-state index in [1.54, 1.807) is 18.2 Å². The predicted molar refractivity (Wildman–Crippen MR) is 69.4 cm³/mol. The number of nitrogens with two attached hydrogens (primary N) is 1. The van der Waals surface area contributed by atoms with Crippen LogP contribution in [0.5, 0.6) is 0 Å². The highest BCUT2D eigenvalue weighted by molar-refractivity contribution is 7.91. The Bertz CT molecular complexity index is 564. The van der Waals surface area contributed by atoms with Crippen molar-refractivity contribution in [1.82, 2.24) is 0 Å². The van der Waals surface area contributed by atoms with Gasteiger partial charge in [0.05, 0.1) is 10.6 Å². The summed E-state index contributed by atoms with van der Waals surface area (Å²) in [6, 6.07) is 4.91. The van der Waals surface area contributed by atoms with Gasteiger partial charge in [0.25, 0.3) is 0 Å². The first-order valence-corrected chi connectivity index (χ1v) is 7.79. The molecule has 0 aromatic heterocycles. The van der Waals surface area contributed by atoms with Crippen LogP contribution >= 0.6 is 0 Å². The molecule has 98 valence electrons. The number of hydrogen-bond acceptors (Lipinski definition) is 4. The average Bonchev–Trinajstić information content (AvgIpc) is 2.35. The molecule has 0 amide bonds. The summed E-state index contributed by atoms with van der Waals surface area (Å²) in [7, 11) is -3.13. The molecule has 0 saturated heterocycles. The topological polar surface area (TPSA) is 77.2 Å². The van der Waals surface area contributed by atoms with Crippen molar-refractivity contribution in [2.24, 2.45) is 5.73 Å². The van der Waals surface area contributed by atoms with Crippen LogP contribution in [-0.4, -0.2) is 26.5 Å². The van der Waals surface area contributed by atoms with Gasteiger partial charge >= 0.3 is 0 Å². The molecule has 0 saturated carbocycles. The first-order chi connectivity index (χ1) is 8.54. The number of aryl methyl sites for hydroxylation is 1. The van der Waals surface area contributed by atoms with Gasteiger partial charge in [0.2, 0.25) is 0 Å². The molecule has 0 atom stereocenters. The standard InChI is InChI=1S/C13H17NO3S/c14-7-1-4-12(15)10-5-6-13-11(9-10)3-2-8-18(13,16)17/h5-6,9H,1-4,7-8,14H2. The molecule has 1 aromatic carbocycles. The molecule has 5 heteroatoms. The zero-order valence-electron chi connectivity index (χ0n) is 10.2. The molecule has 1 aromatic rings. The minimum Gasteiger partial charge on any atom is -0.330 e. The maximum atomic E-state index is 11.8. The fourth-order valence-corrected chi connectivity index (χ4v) is 3.80. The number of sulfone groups is 1. The highest BCUT2D eigenvalue weighted by Crippen LogP contribution is 2.26. The van der Waals surface area contributed by atoms with E-state index in [2.05, 4.69) is 0 Å². The molecule has 1 heterocycles. The Labute approximate surface area is 107 Å². The number of Topliss-reactive ketones (excluding diaryl/α,β-unsaturated/α-hetero) is 1. The highest BCUT2D eigenvalue weighted by atomic mass is 32.2. The first kappa shape index (κ1) is 13.2. The van der Waals surface area contributed by atoms with Crippen molar-refractivity contribution in [3.05, 3.63) is 29.3 Å². The molecule has 0 bridgehead atoms. The predicted octanol–water partition coefficient (Wildman–Crippen LogP) is 1.33.